The monoisotopic (exact) mass is 358 g/mol. The maximum Gasteiger partial charge on any atom is 0.317 e. The molecule has 0 spiro atoms. The summed E-state index contributed by atoms with van der Waals surface area (Å²) in [6.07, 6.45) is 0.0330. The van der Waals surface area contributed by atoms with Crippen LogP contribution in [0.25, 0.3) is 10.8 Å². The van der Waals surface area contributed by atoms with Gasteiger partial charge in [-0.05, 0) is 18.5 Å². The molecule has 2 aromatic carbocycles. The quantitative estimate of drug-likeness (QED) is 0.778. The van der Waals surface area contributed by atoms with Crippen molar-refractivity contribution in [3.63, 3.8) is 0 Å². The van der Waals surface area contributed by atoms with Gasteiger partial charge in [0, 0.05) is 31.6 Å². The van der Waals surface area contributed by atoms with E-state index in [2.05, 4.69) is 23.1 Å². The number of rotatable bonds is 8. The molecule has 3 rings (SSSR count). The SMILES string of the molecule is CN(CC(=O)O)CC1CN(CCOc2cccc3ccccc23)CCO1. The molecule has 140 valence electrons. The molecular weight excluding hydrogens is 332 g/mol. The van der Waals surface area contributed by atoms with E-state index >= 15 is 0 Å². The van der Waals surface area contributed by atoms with Gasteiger partial charge in [-0.15, -0.1) is 0 Å². The summed E-state index contributed by atoms with van der Waals surface area (Å²) in [6, 6.07) is 14.3. The van der Waals surface area contributed by atoms with Crippen molar-refractivity contribution >= 4 is 16.7 Å². The van der Waals surface area contributed by atoms with Crippen molar-refractivity contribution < 1.29 is 19.4 Å². The molecule has 2 aromatic rings. The molecule has 1 unspecified atom stereocenters. The molecule has 6 nitrogen and oxygen atoms in total. The Morgan fingerprint density at radius 1 is 1.31 bits per heavy atom. The van der Waals surface area contributed by atoms with E-state index in [1.54, 1.807) is 11.9 Å². The smallest absolute Gasteiger partial charge is 0.317 e. The molecule has 1 aliphatic heterocycles. The van der Waals surface area contributed by atoms with Crippen molar-refractivity contribution in [1.29, 1.82) is 0 Å². The number of carbonyl (C=O) groups is 1. The van der Waals surface area contributed by atoms with Crippen molar-refractivity contribution in [2.24, 2.45) is 0 Å². The van der Waals surface area contributed by atoms with Gasteiger partial charge in [0.2, 0.25) is 0 Å². The van der Waals surface area contributed by atoms with E-state index in [0.717, 1.165) is 30.8 Å². The molecule has 0 bridgehead atoms. The Hall–Kier alpha value is -2.15. The number of fused-ring (bicyclic) bond motifs is 1. The fourth-order valence-corrected chi connectivity index (χ4v) is 3.34. The fourth-order valence-electron chi connectivity index (χ4n) is 3.34. The standard InChI is InChI=1S/C20H26N2O4/c1-21(15-20(23)24)13-17-14-22(9-11-25-17)10-12-26-19-8-4-6-16-5-2-3-7-18(16)19/h2-8,17H,9-15H2,1H3,(H,23,24). The van der Waals surface area contributed by atoms with Gasteiger partial charge in [0.15, 0.2) is 0 Å². The van der Waals surface area contributed by atoms with Crippen molar-refractivity contribution in [3.05, 3.63) is 42.5 Å². The molecule has 1 saturated heterocycles. The average Bonchev–Trinajstić information content (AvgIpc) is 2.61. The predicted octanol–water partition coefficient (Wildman–Crippen LogP) is 1.94. The maximum absolute atomic E-state index is 10.8. The van der Waals surface area contributed by atoms with E-state index in [1.807, 2.05) is 24.3 Å². The van der Waals surface area contributed by atoms with E-state index in [4.69, 9.17) is 14.6 Å². The first kappa shape index (κ1) is 18.6. The molecule has 6 heteroatoms. The average molecular weight is 358 g/mol. The van der Waals surface area contributed by atoms with E-state index < -0.39 is 5.97 Å². The Balaban J connectivity index is 1.47. The Morgan fingerprint density at radius 3 is 2.96 bits per heavy atom. The molecule has 0 radical (unpaired) electrons. The van der Waals surface area contributed by atoms with E-state index in [1.165, 1.54) is 5.39 Å². The van der Waals surface area contributed by atoms with E-state index in [0.29, 0.717) is 19.8 Å². The Kier molecular flexibility index (Phi) is 6.44. The summed E-state index contributed by atoms with van der Waals surface area (Å²) in [7, 11) is 1.81. The highest BCUT2D eigenvalue weighted by Crippen LogP contribution is 2.25. The summed E-state index contributed by atoms with van der Waals surface area (Å²) in [4.78, 5) is 14.9. The van der Waals surface area contributed by atoms with Crippen LogP contribution in [-0.4, -0.2) is 80.0 Å². The molecule has 0 aromatic heterocycles. The third-order valence-electron chi connectivity index (χ3n) is 4.56. The van der Waals surface area contributed by atoms with Crippen LogP contribution in [-0.2, 0) is 9.53 Å². The van der Waals surface area contributed by atoms with Crippen LogP contribution in [0.4, 0.5) is 0 Å². The largest absolute Gasteiger partial charge is 0.492 e. The molecule has 1 heterocycles. The molecule has 0 aliphatic carbocycles. The zero-order valence-electron chi connectivity index (χ0n) is 15.1. The van der Waals surface area contributed by atoms with Gasteiger partial charge in [-0.1, -0.05) is 36.4 Å². The van der Waals surface area contributed by atoms with Crippen molar-refractivity contribution in [2.45, 2.75) is 6.10 Å². The number of ether oxygens (including phenoxy) is 2. The third-order valence-corrected chi connectivity index (χ3v) is 4.56. The van der Waals surface area contributed by atoms with Gasteiger partial charge in [0.1, 0.15) is 12.4 Å². The number of nitrogens with zero attached hydrogens (tertiary/aromatic N) is 2. The highest BCUT2D eigenvalue weighted by molar-refractivity contribution is 5.88. The van der Waals surface area contributed by atoms with Crippen LogP contribution in [0.3, 0.4) is 0 Å². The van der Waals surface area contributed by atoms with Crippen LogP contribution in [0.5, 0.6) is 5.75 Å². The fraction of sp³-hybridized carbons (Fsp3) is 0.450. The Morgan fingerprint density at radius 2 is 2.12 bits per heavy atom. The van der Waals surface area contributed by atoms with Crippen molar-refractivity contribution in [1.82, 2.24) is 9.80 Å². The zero-order valence-corrected chi connectivity index (χ0v) is 15.1. The Bertz CT molecular complexity index is 731. The maximum atomic E-state index is 10.8. The van der Waals surface area contributed by atoms with Gasteiger partial charge in [-0.3, -0.25) is 14.6 Å². The summed E-state index contributed by atoms with van der Waals surface area (Å²) < 4.78 is 11.8. The second-order valence-electron chi connectivity index (χ2n) is 6.71. The van der Waals surface area contributed by atoms with Crippen LogP contribution < -0.4 is 4.74 Å². The minimum atomic E-state index is -0.816. The van der Waals surface area contributed by atoms with Crippen LogP contribution in [0.15, 0.2) is 42.5 Å². The topological polar surface area (TPSA) is 62.2 Å². The molecule has 26 heavy (non-hydrogen) atoms. The minimum Gasteiger partial charge on any atom is -0.492 e. The summed E-state index contributed by atoms with van der Waals surface area (Å²) >= 11 is 0. The minimum absolute atomic E-state index is 0.0318. The van der Waals surface area contributed by atoms with Gasteiger partial charge in [-0.25, -0.2) is 0 Å². The number of benzene rings is 2. The van der Waals surface area contributed by atoms with Gasteiger partial charge in [-0.2, -0.15) is 0 Å². The third kappa shape index (κ3) is 5.17. The predicted molar refractivity (Wildman–Crippen MR) is 101 cm³/mol. The van der Waals surface area contributed by atoms with Gasteiger partial charge < -0.3 is 14.6 Å². The number of morpholine rings is 1. The second-order valence-corrected chi connectivity index (χ2v) is 6.71. The van der Waals surface area contributed by atoms with Crippen molar-refractivity contribution in [3.8, 4) is 5.75 Å². The number of carboxylic acids is 1. The van der Waals surface area contributed by atoms with Crippen LogP contribution >= 0.6 is 0 Å². The number of aliphatic carboxylic acids is 1. The summed E-state index contributed by atoms with van der Waals surface area (Å²) in [5.74, 6) is 0.0951. The molecule has 1 fully saturated rings. The van der Waals surface area contributed by atoms with Crippen LogP contribution in [0, 0.1) is 0 Å². The zero-order chi connectivity index (χ0) is 18.4. The van der Waals surface area contributed by atoms with Gasteiger partial charge in [0.05, 0.1) is 19.3 Å². The van der Waals surface area contributed by atoms with Gasteiger partial charge in [0.25, 0.3) is 0 Å². The summed E-state index contributed by atoms with van der Waals surface area (Å²) in [5.41, 5.74) is 0. The van der Waals surface area contributed by atoms with Crippen LogP contribution in [0.2, 0.25) is 0 Å². The molecule has 1 atom stereocenters. The number of hydrogen-bond donors (Lipinski definition) is 1. The highest BCUT2D eigenvalue weighted by Gasteiger charge is 2.22. The molecule has 0 saturated carbocycles. The lowest BCUT2D eigenvalue weighted by Crippen LogP contribution is -2.48. The second kappa shape index (κ2) is 8.98. The van der Waals surface area contributed by atoms with Gasteiger partial charge >= 0.3 is 5.97 Å². The lowest BCUT2D eigenvalue weighted by atomic mass is 10.1. The number of likely N-dealkylation sites (N-methyl/N-ethyl adjacent to an activating group) is 1. The molecular formula is C20H26N2O4. The normalized spacial score (nSPS) is 18.3. The van der Waals surface area contributed by atoms with Crippen LogP contribution in [0.1, 0.15) is 0 Å². The summed E-state index contributed by atoms with van der Waals surface area (Å²) in [6.45, 7) is 4.43. The molecule has 1 aliphatic rings. The molecule has 0 amide bonds. The summed E-state index contributed by atoms with van der Waals surface area (Å²) in [5, 5.41) is 11.2. The lowest BCUT2D eigenvalue weighted by Gasteiger charge is -2.34. The van der Waals surface area contributed by atoms with E-state index in [-0.39, 0.29) is 12.6 Å². The van der Waals surface area contributed by atoms with Crippen molar-refractivity contribution in [2.75, 3.05) is 53.0 Å². The number of carboxylic acid groups (broad SMARTS) is 1. The Labute approximate surface area is 153 Å². The first-order valence-electron chi connectivity index (χ1n) is 8.96. The molecule has 1 N–H and O–H groups in total. The lowest BCUT2D eigenvalue weighted by molar-refractivity contribution is -0.138. The number of hydrogen-bond acceptors (Lipinski definition) is 5. The highest BCUT2D eigenvalue weighted by atomic mass is 16.5. The first-order chi connectivity index (χ1) is 12.6. The van der Waals surface area contributed by atoms with E-state index in [9.17, 15) is 4.79 Å². The first-order valence-corrected chi connectivity index (χ1v) is 8.96.